The maximum absolute atomic E-state index is 14.6. The molecule has 6 aromatic rings. The molecule has 0 aliphatic carbocycles. The average molecular weight is 646 g/mol. The number of methoxy groups -OCH3 is 1. The zero-order valence-electron chi connectivity index (χ0n) is 26.4. The second kappa shape index (κ2) is 12.1. The number of aromatic nitrogens is 2. The van der Waals surface area contributed by atoms with Gasteiger partial charge in [0.05, 0.1) is 29.5 Å². The summed E-state index contributed by atoms with van der Waals surface area (Å²) in [5, 5.41) is 2.81. The summed E-state index contributed by atoms with van der Waals surface area (Å²) in [7, 11) is 1.59. The molecule has 1 atom stereocenters. The van der Waals surface area contributed by atoms with E-state index >= 15 is 0 Å². The molecule has 1 aliphatic heterocycles. The van der Waals surface area contributed by atoms with Crippen molar-refractivity contribution in [1.82, 2.24) is 9.13 Å². The first-order valence-electron chi connectivity index (χ1n) is 15.4. The fourth-order valence-corrected chi connectivity index (χ4v) is 7.58. The van der Waals surface area contributed by atoms with E-state index in [9.17, 15) is 14.0 Å². The average Bonchev–Trinajstić information content (AvgIpc) is 3.52. The summed E-state index contributed by atoms with van der Waals surface area (Å²) in [6.07, 6.45) is 1.92. The second-order valence-electron chi connectivity index (χ2n) is 11.4. The van der Waals surface area contributed by atoms with Crippen LogP contribution in [0.1, 0.15) is 42.3 Å². The highest BCUT2D eigenvalue weighted by atomic mass is 32.1. The van der Waals surface area contributed by atoms with Crippen molar-refractivity contribution >= 4 is 45.1 Å². The van der Waals surface area contributed by atoms with Crippen LogP contribution in [-0.2, 0) is 16.1 Å². The van der Waals surface area contributed by atoms with Crippen molar-refractivity contribution in [2.45, 2.75) is 33.4 Å². The third-order valence-electron chi connectivity index (χ3n) is 8.75. The zero-order chi connectivity index (χ0) is 32.8. The Morgan fingerprint density at radius 2 is 1.70 bits per heavy atom. The molecule has 0 N–H and O–H groups in total. The quantitative estimate of drug-likeness (QED) is 0.188. The molecule has 2 aromatic heterocycles. The number of allylic oxidation sites excluding steroid dienone is 1. The molecule has 1 aliphatic rings. The number of hydrogen-bond donors (Lipinski definition) is 0. The molecule has 47 heavy (non-hydrogen) atoms. The fraction of sp³-hybridized carbons (Fsp3) is 0.184. The molecule has 0 saturated heterocycles. The van der Waals surface area contributed by atoms with Gasteiger partial charge in [-0.3, -0.25) is 9.36 Å². The first-order chi connectivity index (χ1) is 22.8. The molecule has 0 fully saturated rings. The van der Waals surface area contributed by atoms with E-state index in [0.717, 1.165) is 38.5 Å². The van der Waals surface area contributed by atoms with Crippen LogP contribution in [0, 0.1) is 12.7 Å². The van der Waals surface area contributed by atoms with Gasteiger partial charge in [0.25, 0.3) is 5.56 Å². The molecule has 0 saturated carbocycles. The lowest BCUT2D eigenvalue weighted by atomic mass is 9.90. The number of fused-ring (bicyclic) bond motifs is 3. The minimum Gasteiger partial charge on any atom is -0.496 e. The summed E-state index contributed by atoms with van der Waals surface area (Å²) in [6.45, 7) is 6.29. The molecule has 0 unspecified atom stereocenters. The summed E-state index contributed by atoms with van der Waals surface area (Å²) in [6, 6.07) is 25.4. The summed E-state index contributed by atoms with van der Waals surface area (Å²) in [4.78, 5) is 33.4. The van der Waals surface area contributed by atoms with Gasteiger partial charge in [-0.15, -0.1) is 0 Å². The lowest BCUT2D eigenvalue weighted by Gasteiger charge is -2.27. The van der Waals surface area contributed by atoms with Crippen LogP contribution >= 0.6 is 11.3 Å². The van der Waals surface area contributed by atoms with E-state index in [2.05, 4.69) is 4.57 Å². The minimum absolute atomic E-state index is 0.181. The van der Waals surface area contributed by atoms with E-state index < -0.39 is 12.0 Å². The standard InChI is InChI=1S/C38H32FN3O4S/c1-5-46-37(44)33-22(2)40-38-42(35(33)34-27-11-7-6-10-25(27)16-19-31(34)45-4)36(43)32(47-38)20-29-23(3)41(30-13-9-8-12-28(29)30)21-24-14-17-26(39)18-15-24/h6-20,35H,5,21H2,1-4H3/b32-20-/t35-/m1/s1. The van der Waals surface area contributed by atoms with Gasteiger partial charge in [-0.25, -0.2) is 14.2 Å². The Morgan fingerprint density at radius 3 is 2.45 bits per heavy atom. The van der Waals surface area contributed by atoms with E-state index in [-0.39, 0.29) is 18.0 Å². The topological polar surface area (TPSA) is 74.8 Å². The Morgan fingerprint density at radius 1 is 0.979 bits per heavy atom. The summed E-state index contributed by atoms with van der Waals surface area (Å²) < 4.78 is 29.3. The van der Waals surface area contributed by atoms with Crippen LogP contribution in [0.4, 0.5) is 4.39 Å². The predicted octanol–water partition coefficient (Wildman–Crippen LogP) is 6.41. The molecule has 0 amide bonds. The molecule has 0 radical (unpaired) electrons. The second-order valence-corrected chi connectivity index (χ2v) is 12.4. The van der Waals surface area contributed by atoms with E-state index in [0.29, 0.717) is 38.5 Å². The highest BCUT2D eigenvalue weighted by Gasteiger charge is 2.36. The third-order valence-corrected chi connectivity index (χ3v) is 9.73. The van der Waals surface area contributed by atoms with Gasteiger partial charge in [-0.05, 0) is 67.4 Å². The molecule has 7 nitrogen and oxygen atoms in total. The van der Waals surface area contributed by atoms with Crippen molar-refractivity contribution in [3.63, 3.8) is 0 Å². The van der Waals surface area contributed by atoms with Gasteiger partial charge in [0, 0.05) is 34.3 Å². The largest absolute Gasteiger partial charge is 0.496 e. The van der Waals surface area contributed by atoms with Gasteiger partial charge in [-0.1, -0.05) is 72.0 Å². The molecular weight excluding hydrogens is 614 g/mol. The Kier molecular flexibility index (Phi) is 7.85. The lowest BCUT2D eigenvalue weighted by Crippen LogP contribution is -2.40. The van der Waals surface area contributed by atoms with Crippen molar-refractivity contribution in [3.8, 4) is 5.75 Å². The summed E-state index contributed by atoms with van der Waals surface area (Å²) in [5.41, 5.74) is 5.07. The number of carbonyl (C=O) groups is 1. The van der Waals surface area contributed by atoms with Crippen LogP contribution in [0.2, 0.25) is 0 Å². The highest BCUT2D eigenvalue weighted by Crippen LogP contribution is 2.40. The number of carbonyl (C=O) groups excluding carboxylic acids is 1. The monoisotopic (exact) mass is 645 g/mol. The van der Waals surface area contributed by atoms with E-state index in [1.165, 1.54) is 23.5 Å². The molecule has 4 aromatic carbocycles. The third kappa shape index (κ3) is 5.16. The van der Waals surface area contributed by atoms with Gasteiger partial charge in [0.1, 0.15) is 17.6 Å². The number of halogens is 1. The van der Waals surface area contributed by atoms with Crippen LogP contribution in [-0.4, -0.2) is 28.8 Å². The number of ether oxygens (including phenoxy) is 2. The number of benzene rings is 4. The van der Waals surface area contributed by atoms with Crippen molar-refractivity contribution in [3.05, 3.63) is 144 Å². The van der Waals surface area contributed by atoms with Gasteiger partial charge >= 0.3 is 5.97 Å². The zero-order valence-corrected chi connectivity index (χ0v) is 27.2. The molecule has 0 bridgehead atoms. The Bertz CT molecular complexity index is 2420. The number of para-hydroxylation sites is 1. The van der Waals surface area contributed by atoms with Crippen molar-refractivity contribution in [1.29, 1.82) is 0 Å². The van der Waals surface area contributed by atoms with Crippen LogP contribution < -0.4 is 19.6 Å². The van der Waals surface area contributed by atoms with Crippen molar-refractivity contribution < 1.29 is 18.7 Å². The van der Waals surface area contributed by atoms with Gasteiger partial charge in [-0.2, -0.15) is 0 Å². The SMILES string of the molecule is CCOC(=O)C1=C(C)N=c2s/c(=C\c3c(C)n(Cc4ccc(F)cc4)c4ccccc34)c(=O)n2[C@H]1c1c(OC)ccc2ccccc12. The number of rotatable bonds is 7. The van der Waals surface area contributed by atoms with Crippen molar-refractivity contribution in [2.24, 2.45) is 4.99 Å². The summed E-state index contributed by atoms with van der Waals surface area (Å²) in [5.74, 6) is -0.248. The summed E-state index contributed by atoms with van der Waals surface area (Å²) >= 11 is 1.29. The van der Waals surface area contributed by atoms with E-state index in [4.69, 9.17) is 14.5 Å². The molecule has 7 rings (SSSR count). The Hall–Kier alpha value is -5.28. The van der Waals surface area contributed by atoms with Gasteiger partial charge in [0.2, 0.25) is 0 Å². The Labute approximate surface area is 274 Å². The highest BCUT2D eigenvalue weighted by molar-refractivity contribution is 7.07. The first-order valence-corrected chi connectivity index (χ1v) is 16.2. The molecule has 0 spiro atoms. The maximum atomic E-state index is 14.6. The van der Waals surface area contributed by atoms with E-state index in [1.807, 2.05) is 73.7 Å². The maximum Gasteiger partial charge on any atom is 0.338 e. The molecule has 236 valence electrons. The van der Waals surface area contributed by atoms with Crippen LogP contribution in [0.5, 0.6) is 5.75 Å². The number of hydrogen-bond acceptors (Lipinski definition) is 6. The van der Waals surface area contributed by atoms with Crippen LogP contribution in [0.25, 0.3) is 27.8 Å². The molecular formula is C38H32FN3O4S. The minimum atomic E-state index is -0.825. The van der Waals surface area contributed by atoms with Crippen LogP contribution in [0.3, 0.4) is 0 Å². The normalized spacial score (nSPS) is 14.8. The number of thiazole rings is 1. The predicted molar refractivity (Wildman–Crippen MR) is 183 cm³/mol. The van der Waals surface area contributed by atoms with Crippen LogP contribution in [0.15, 0.2) is 106 Å². The fourth-order valence-electron chi connectivity index (χ4n) is 6.55. The Balaban J connectivity index is 1.47. The smallest absolute Gasteiger partial charge is 0.338 e. The van der Waals surface area contributed by atoms with Gasteiger partial charge in [0.15, 0.2) is 4.80 Å². The number of esters is 1. The first kappa shape index (κ1) is 30.4. The number of nitrogens with zero attached hydrogens (tertiary/aromatic N) is 3. The lowest BCUT2D eigenvalue weighted by molar-refractivity contribution is -0.139. The molecule has 3 heterocycles. The van der Waals surface area contributed by atoms with Gasteiger partial charge < -0.3 is 14.0 Å². The molecule has 9 heteroatoms. The van der Waals surface area contributed by atoms with E-state index in [1.54, 1.807) is 37.7 Å². The van der Waals surface area contributed by atoms with Crippen molar-refractivity contribution in [2.75, 3.05) is 13.7 Å².